The summed E-state index contributed by atoms with van der Waals surface area (Å²) in [6.45, 7) is 8.05. The molecule has 2 rings (SSSR count). The Balaban J connectivity index is 2.02. The Labute approximate surface area is 113 Å². The molecule has 0 aromatic heterocycles. The second-order valence-corrected chi connectivity index (χ2v) is 5.83. The van der Waals surface area contributed by atoms with Crippen LogP contribution < -0.4 is 10.1 Å². The van der Waals surface area contributed by atoms with Gasteiger partial charge in [-0.25, -0.2) is 0 Å². The molecule has 3 nitrogen and oxygen atoms in total. The average Bonchev–Trinajstić information content (AvgIpc) is 2.81. The number of aliphatic imine (C=N–C) groups is 1. The molecule has 0 bridgehead atoms. The maximum absolute atomic E-state index is 5.59. The number of nitrogens with zero attached hydrogens (tertiary/aromatic N) is 1. The SMILES string of the molecule is CCOc1ccccc1NC1=NCC(C(C)C)S1. The molecular formula is C14H20N2OS. The van der Waals surface area contributed by atoms with Crippen LogP contribution in [0.3, 0.4) is 0 Å². The maximum Gasteiger partial charge on any atom is 0.161 e. The highest BCUT2D eigenvalue weighted by molar-refractivity contribution is 8.15. The van der Waals surface area contributed by atoms with E-state index in [0.717, 1.165) is 23.1 Å². The highest BCUT2D eigenvalue weighted by Crippen LogP contribution is 2.30. The lowest BCUT2D eigenvalue weighted by molar-refractivity contribution is 0.342. The molecule has 0 amide bonds. The first-order valence-electron chi connectivity index (χ1n) is 6.40. The van der Waals surface area contributed by atoms with Crippen LogP contribution >= 0.6 is 11.8 Å². The van der Waals surface area contributed by atoms with Crippen LogP contribution in [0.15, 0.2) is 29.3 Å². The average molecular weight is 264 g/mol. The van der Waals surface area contributed by atoms with Crippen molar-refractivity contribution in [2.45, 2.75) is 26.0 Å². The fourth-order valence-corrected chi connectivity index (χ4v) is 2.80. The molecule has 1 N–H and O–H groups in total. The fourth-order valence-electron chi connectivity index (χ4n) is 1.77. The number of benzene rings is 1. The summed E-state index contributed by atoms with van der Waals surface area (Å²) in [5.41, 5.74) is 0.995. The van der Waals surface area contributed by atoms with E-state index in [1.165, 1.54) is 0 Å². The van der Waals surface area contributed by atoms with Gasteiger partial charge < -0.3 is 10.1 Å². The Morgan fingerprint density at radius 3 is 2.89 bits per heavy atom. The molecule has 0 aliphatic carbocycles. The fraction of sp³-hybridized carbons (Fsp3) is 0.500. The van der Waals surface area contributed by atoms with Gasteiger partial charge in [-0.3, -0.25) is 4.99 Å². The third-order valence-electron chi connectivity index (χ3n) is 2.85. The van der Waals surface area contributed by atoms with Crippen LogP contribution in [0.2, 0.25) is 0 Å². The monoisotopic (exact) mass is 264 g/mol. The van der Waals surface area contributed by atoms with Gasteiger partial charge in [0.25, 0.3) is 0 Å². The van der Waals surface area contributed by atoms with Crippen LogP contribution in [0.4, 0.5) is 5.69 Å². The van der Waals surface area contributed by atoms with E-state index in [2.05, 4.69) is 24.2 Å². The van der Waals surface area contributed by atoms with Gasteiger partial charge in [-0.2, -0.15) is 0 Å². The molecule has 1 aliphatic heterocycles. The predicted molar refractivity (Wildman–Crippen MR) is 79.8 cm³/mol. The molecule has 1 atom stereocenters. The molecule has 18 heavy (non-hydrogen) atoms. The Morgan fingerprint density at radius 1 is 1.44 bits per heavy atom. The number of hydrogen-bond donors (Lipinski definition) is 1. The van der Waals surface area contributed by atoms with E-state index >= 15 is 0 Å². The molecule has 0 saturated heterocycles. The first kappa shape index (κ1) is 13.3. The summed E-state index contributed by atoms with van der Waals surface area (Å²) >= 11 is 1.82. The van der Waals surface area contributed by atoms with E-state index < -0.39 is 0 Å². The molecule has 98 valence electrons. The van der Waals surface area contributed by atoms with Crippen LogP contribution in [0.25, 0.3) is 0 Å². The summed E-state index contributed by atoms with van der Waals surface area (Å²) in [5.74, 6) is 1.54. The van der Waals surface area contributed by atoms with Crippen molar-refractivity contribution >= 4 is 22.6 Å². The zero-order chi connectivity index (χ0) is 13.0. The second kappa shape index (κ2) is 6.14. The largest absolute Gasteiger partial charge is 0.492 e. The minimum absolute atomic E-state index is 0.590. The van der Waals surface area contributed by atoms with Crippen molar-refractivity contribution in [1.29, 1.82) is 0 Å². The molecule has 1 aromatic rings. The number of para-hydroxylation sites is 2. The second-order valence-electron chi connectivity index (χ2n) is 4.60. The number of anilines is 1. The number of thioether (sulfide) groups is 1. The van der Waals surface area contributed by atoms with Crippen molar-refractivity contribution in [2.75, 3.05) is 18.5 Å². The van der Waals surface area contributed by atoms with Crippen molar-refractivity contribution in [3.05, 3.63) is 24.3 Å². The molecule has 0 fully saturated rings. The first-order valence-corrected chi connectivity index (χ1v) is 7.28. The zero-order valence-corrected chi connectivity index (χ0v) is 12.0. The summed E-state index contributed by atoms with van der Waals surface area (Å²) in [6, 6.07) is 7.99. The van der Waals surface area contributed by atoms with E-state index in [-0.39, 0.29) is 0 Å². The number of hydrogen-bond acceptors (Lipinski definition) is 4. The van der Waals surface area contributed by atoms with Gasteiger partial charge >= 0.3 is 0 Å². The van der Waals surface area contributed by atoms with E-state index in [4.69, 9.17) is 4.74 Å². The highest BCUT2D eigenvalue weighted by atomic mass is 32.2. The minimum Gasteiger partial charge on any atom is -0.492 e. The van der Waals surface area contributed by atoms with Gasteiger partial charge in [0, 0.05) is 5.25 Å². The predicted octanol–water partition coefficient (Wildman–Crippen LogP) is 3.62. The van der Waals surface area contributed by atoms with Crippen molar-refractivity contribution < 1.29 is 4.74 Å². The van der Waals surface area contributed by atoms with E-state index in [1.54, 1.807) is 0 Å². The van der Waals surface area contributed by atoms with Crippen molar-refractivity contribution in [1.82, 2.24) is 0 Å². The van der Waals surface area contributed by atoms with E-state index in [9.17, 15) is 0 Å². The van der Waals surface area contributed by atoms with Gasteiger partial charge in [-0.1, -0.05) is 37.7 Å². The summed E-state index contributed by atoms with van der Waals surface area (Å²) < 4.78 is 5.59. The summed E-state index contributed by atoms with van der Waals surface area (Å²) in [6.07, 6.45) is 0. The van der Waals surface area contributed by atoms with E-state index in [1.807, 2.05) is 43.0 Å². The van der Waals surface area contributed by atoms with Crippen LogP contribution in [-0.2, 0) is 0 Å². The van der Waals surface area contributed by atoms with Crippen molar-refractivity contribution in [2.24, 2.45) is 10.9 Å². The standard InChI is InChI=1S/C14H20N2OS/c1-4-17-12-8-6-5-7-11(12)16-14-15-9-13(18-14)10(2)3/h5-8,10,13H,4,9H2,1-3H3,(H,15,16). The molecule has 0 radical (unpaired) electrons. The van der Waals surface area contributed by atoms with Crippen LogP contribution in [0, 0.1) is 5.92 Å². The Hall–Kier alpha value is -1.16. The molecule has 1 aromatic carbocycles. The number of ether oxygens (including phenoxy) is 1. The van der Waals surface area contributed by atoms with Gasteiger partial charge in [0.05, 0.1) is 18.8 Å². The highest BCUT2D eigenvalue weighted by Gasteiger charge is 2.22. The molecule has 1 heterocycles. The first-order chi connectivity index (χ1) is 8.70. The lowest BCUT2D eigenvalue weighted by Crippen LogP contribution is -2.13. The summed E-state index contributed by atoms with van der Waals surface area (Å²) in [5, 5.41) is 4.96. The minimum atomic E-state index is 0.590. The molecule has 1 aliphatic rings. The molecule has 0 saturated carbocycles. The number of amidine groups is 1. The number of nitrogens with one attached hydrogen (secondary N) is 1. The third-order valence-corrected chi connectivity index (χ3v) is 4.30. The Kier molecular flexibility index (Phi) is 4.53. The molecule has 1 unspecified atom stereocenters. The maximum atomic E-state index is 5.59. The number of rotatable bonds is 4. The van der Waals surface area contributed by atoms with Gasteiger partial charge in [-0.05, 0) is 25.0 Å². The molecular weight excluding hydrogens is 244 g/mol. The lowest BCUT2D eigenvalue weighted by atomic mass is 10.1. The van der Waals surface area contributed by atoms with Crippen LogP contribution in [0.1, 0.15) is 20.8 Å². The van der Waals surface area contributed by atoms with Crippen LogP contribution in [-0.4, -0.2) is 23.6 Å². The molecule has 4 heteroatoms. The van der Waals surface area contributed by atoms with Gasteiger partial charge in [0.2, 0.25) is 0 Å². The van der Waals surface area contributed by atoms with E-state index in [0.29, 0.717) is 17.8 Å². The molecule has 0 spiro atoms. The topological polar surface area (TPSA) is 33.6 Å². The Bertz CT molecular complexity index is 432. The van der Waals surface area contributed by atoms with Crippen molar-refractivity contribution in [3.8, 4) is 5.75 Å². The van der Waals surface area contributed by atoms with Crippen LogP contribution in [0.5, 0.6) is 5.75 Å². The zero-order valence-electron chi connectivity index (χ0n) is 11.1. The van der Waals surface area contributed by atoms with Crippen molar-refractivity contribution in [3.63, 3.8) is 0 Å². The lowest BCUT2D eigenvalue weighted by Gasteiger charge is -2.14. The summed E-state index contributed by atoms with van der Waals surface area (Å²) in [7, 11) is 0. The van der Waals surface area contributed by atoms with Gasteiger partial charge in [0.1, 0.15) is 5.75 Å². The smallest absolute Gasteiger partial charge is 0.161 e. The quantitative estimate of drug-likeness (QED) is 0.901. The Morgan fingerprint density at radius 2 is 2.22 bits per heavy atom. The summed E-state index contributed by atoms with van der Waals surface area (Å²) in [4.78, 5) is 4.55. The third kappa shape index (κ3) is 3.19. The van der Waals surface area contributed by atoms with Gasteiger partial charge in [0.15, 0.2) is 5.17 Å². The normalized spacial score (nSPS) is 18.9. The van der Waals surface area contributed by atoms with Gasteiger partial charge in [-0.15, -0.1) is 0 Å².